The first-order chi connectivity index (χ1) is 7.64. The third-order valence-corrected chi connectivity index (χ3v) is 4.17. The van der Waals surface area contributed by atoms with Crippen molar-refractivity contribution in [1.82, 2.24) is 5.32 Å². The molecule has 1 aliphatic carbocycles. The third-order valence-electron chi connectivity index (χ3n) is 4.17. The smallest absolute Gasteiger partial charge is 0.225 e. The molecule has 0 heterocycles. The normalized spacial score (nSPS) is 30.4. The highest BCUT2D eigenvalue weighted by Gasteiger charge is 2.35. The predicted molar refractivity (Wildman–Crippen MR) is 72.8 cm³/mol. The van der Waals surface area contributed by atoms with Crippen LogP contribution in [0.3, 0.4) is 0 Å². The van der Waals surface area contributed by atoms with Crippen LogP contribution in [-0.4, -0.2) is 11.4 Å². The zero-order valence-electron chi connectivity index (χ0n) is 12.4. The van der Waals surface area contributed by atoms with E-state index < -0.39 is 0 Å². The maximum Gasteiger partial charge on any atom is 0.225 e. The zero-order valence-corrected chi connectivity index (χ0v) is 12.4. The summed E-state index contributed by atoms with van der Waals surface area (Å²) >= 11 is 0. The van der Waals surface area contributed by atoms with Crippen LogP contribution in [0.25, 0.3) is 0 Å². The van der Waals surface area contributed by atoms with E-state index >= 15 is 0 Å². The third kappa shape index (κ3) is 4.01. The van der Waals surface area contributed by atoms with Crippen LogP contribution in [0.2, 0.25) is 0 Å². The fourth-order valence-electron chi connectivity index (χ4n) is 2.53. The van der Waals surface area contributed by atoms with Gasteiger partial charge >= 0.3 is 0 Å². The van der Waals surface area contributed by atoms with Crippen LogP contribution in [0.15, 0.2) is 0 Å². The number of nitrogens with one attached hydrogen (secondary N) is 1. The minimum Gasteiger partial charge on any atom is -0.350 e. The molecule has 1 rings (SSSR count). The molecule has 1 N–H and O–H groups in total. The molecule has 0 aromatic rings. The number of hydrogen-bond acceptors (Lipinski definition) is 1. The van der Waals surface area contributed by atoms with E-state index in [0.717, 1.165) is 24.7 Å². The first kappa shape index (κ1) is 14.5. The monoisotopic (exact) mass is 239 g/mol. The van der Waals surface area contributed by atoms with Crippen molar-refractivity contribution >= 4 is 5.91 Å². The SMILES string of the molecule is CC(C)[C@H]1CC[C@@](C)(NC(=O)C(C)(C)C)CC1. The van der Waals surface area contributed by atoms with Gasteiger partial charge in [0.1, 0.15) is 0 Å². The fourth-order valence-corrected chi connectivity index (χ4v) is 2.53. The standard InChI is InChI=1S/C15H29NO/c1-11(2)12-7-9-15(6,10-8-12)16-13(17)14(3,4)5/h11-12H,7-10H2,1-6H3,(H,16,17)/t12-,15+. The van der Waals surface area contributed by atoms with E-state index in [1.807, 2.05) is 20.8 Å². The Labute approximate surface area is 107 Å². The molecule has 100 valence electrons. The summed E-state index contributed by atoms with van der Waals surface area (Å²) in [6.45, 7) is 12.7. The van der Waals surface area contributed by atoms with Crippen molar-refractivity contribution in [2.45, 2.75) is 72.8 Å². The molecule has 17 heavy (non-hydrogen) atoms. The van der Waals surface area contributed by atoms with Crippen LogP contribution in [0, 0.1) is 17.3 Å². The fraction of sp³-hybridized carbons (Fsp3) is 0.933. The molecule has 0 saturated heterocycles. The Bertz CT molecular complexity index is 267. The maximum atomic E-state index is 12.0. The molecular formula is C15H29NO. The lowest BCUT2D eigenvalue weighted by Gasteiger charge is -2.40. The average molecular weight is 239 g/mol. The molecule has 2 nitrogen and oxygen atoms in total. The van der Waals surface area contributed by atoms with E-state index in [9.17, 15) is 4.79 Å². The lowest BCUT2D eigenvalue weighted by molar-refractivity contribution is -0.130. The van der Waals surface area contributed by atoms with Crippen LogP contribution >= 0.6 is 0 Å². The van der Waals surface area contributed by atoms with Gasteiger partial charge in [0, 0.05) is 11.0 Å². The Morgan fingerprint density at radius 1 is 1.24 bits per heavy atom. The van der Waals surface area contributed by atoms with E-state index in [1.54, 1.807) is 0 Å². The Morgan fingerprint density at radius 2 is 1.71 bits per heavy atom. The maximum absolute atomic E-state index is 12.0. The topological polar surface area (TPSA) is 29.1 Å². The van der Waals surface area contributed by atoms with E-state index in [4.69, 9.17) is 0 Å². The number of rotatable bonds is 2. The van der Waals surface area contributed by atoms with Gasteiger partial charge < -0.3 is 5.32 Å². The van der Waals surface area contributed by atoms with Crippen molar-refractivity contribution in [2.24, 2.45) is 17.3 Å². The minimum atomic E-state index is -0.280. The molecule has 1 aliphatic rings. The van der Waals surface area contributed by atoms with Gasteiger partial charge in [-0.25, -0.2) is 0 Å². The lowest BCUT2D eigenvalue weighted by Crippen LogP contribution is -2.52. The van der Waals surface area contributed by atoms with E-state index in [-0.39, 0.29) is 16.9 Å². The molecule has 1 saturated carbocycles. The summed E-state index contributed by atoms with van der Waals surface area (Å²) in [5.74, 6) is 1.80. The summed E-state index contributed by atoms with van der Waals surface area (Å²) in [5.41, 5.74) is -0.256. The van der Waals surface area contributed by atoms with Gasteiger partial charge in [-0.05, 0) is 44.4 Å². The van der Waals surface area contributed by atoms with Gasteiger partial charge in [-0.3, -0.25) is 4.79 Å². The Kier molecular flexibility index (Phi) is 4.27. The molecule has 0 aliphatic heterocycles. The molecule has 0 unspecified atom stereocenters. The summed E-state index contributed by atoms with van der Waals surface area (Å²) in [7, 11) is 0. The highest BCUT2D eigenvalue weighted by Crippen LogP contribution is 2.36. The van der Waals surface area contributed by atoms with Gasteiger partial charge in [0.2, 0.25) is 5.91 Å². The van der Waals surface area contributed by atoms with Crippen molar-refractivity contribution in [1.29, 1.82) is 0 Å². The van der Waals surface area contributed by atoms with Crippen molar-refractivity contribution in [3.63, 3.8) is 0 Å². The van der Waals surface area contributed by atoms with Gasteiger partial charge in [0.05, 0.1) is 0 Å². The van der Waals surface area contributed by atoms with E-state index in [1.165, 1.54) is 12.8 Å². The van der Waals surface area contributed by atoms with Gasteiger partial charge in [-0.1, -0.05) is 34.6 Å². The van der Waals surface area contributed by atoms with Gasteiger partial charge in [0.15, 0.2) is 0 Å². The van der Waals surface area contributed by atoms with E-state index in [2.05, 4.69) is 26.1 Å². The molecule has 1 amide bonds. The first-order valence-electron chi connectivity index (χ1n) is 6.97. The molecule has 0 atom stereocenters. The summed E-state index contributed by atoms with van der Waals surface area (Å²) in [4.78, 5) is 12.0. The lowest BCUT2D eigenvalue weighted by atomic mass is 9.73. The van der Waals surface area contributed by atoms with Crippen molar-refractivity contribution in [2.75, 3.05) is 0 Å². The Balaban J connectivity index is 2.53. The molecule has 0 spiro atoms. The molecule has 0 aromatic heterocycles. The quantitative estimate of drug-likeness (QED) is 0.781. The Morgan fingerprint density at radius 3 is 2.06 bits per heavy atom. The van der Waals surface area contributed by atoms with Crippen molar-refractivity contribution < 1.29 is 4.79 Å². The van der Waals surface area contributed by atoms with Crippen LogP contribution in [0.5, 0.6) is 0 Å². The van der Waals surface area contributed by atoms with Crippen LogP contribution in [0.1, 0.15) is 67.2 Å². The second-order valence-corrected chi connectivity index (χ2v) is 7.35. The number of amides is 1. The molecule has 0 aromatic carbocycles. The summed E-state index contributed by atoms with van der Waals surface area (Å²) < 4.78 is 0. The summed E-state index contributed by atoms with van der Waals surface area (Å²) in [6, 6.07) is 0. The molecular weight excluding hydrogens is 210 g/mol. The van der Waals surface area contributed by atoms with Crippen molar-refractivity contribution in [3.8, 4) is 0 Å². The molecule has 1 fully saturated rings. The second kappa shape index (κ2) is 4.99. The van der Waals surface area contributed by atoms with Crippen molar-refractivity contribution in [3.05, 3.63) is 0 Å². The first-order valence-corrected chi connectivity index (χ1v) is 6.97. The highest BCUT2D eigenvalue weighted by molar-refractivity contribution is 5.82. The van der Waals surface area contributed by atoms with Crippen LogP contribution in [-0.2, 0) is 4.79 Å². The largest absolute Gasteiger partial charge is 0.350 e. The zero-order chi connectivity index (χ0) is 13.3. The molecule has 0 bridgehead atoms. The van der Waals surface area contributed by atoms with E-state index in [0.29, 0.717) is 0 Å². The predicted octanol–water partition coefficient (Wildman–Crippen LogP) is 3.75. The number of carbonyl (C=O) groups excluding carboxylic acids is 1. The van der Waals surface area contributed by atoms with Crippen LogP contribution in [0.4, 0.5) is 0 Å². The highest BCUT2D eigenvalue weighted by atomic mass is 16.2. The van der Waals surface area contributed by atoms with Gasteiger partial charge in [-0.2, -0.15) is 0 Å². The summed E-state index contributed by atoms with van der Waals surface area (Å²) in [6.07, 6.45) is 4.74. The number of carbonyl (C=O) groups is 1. The average Bonchev–Trinajstić information content (AvgIpc) is 2.16. The minimum absolute atomic E-state index is 0.0236. The molecule has 2 heteroatoms. The van der Waals surface area contributed by atoms with Crippen LogP contribution < -0.4 is 5.32 Å². The second-order valence-electron chi connectivity index (χ2n) is 7.35. The Hall–Kier alpha value is -0.530. The molecule has 0 radical (unpaired) electrons. The summed E-state index contributed by atoms with van der Waals surface area (Å²) in [5, 5.41) is 3.26. The van der Waals surface area contributed by atoms with Gasteiger partial charge in [-0.15, -0.1) is 0 Å². The number of hydrogen-bond donors (Lipinski definition) is 1. The van der Waals surface area contributed by atoms with Gasteiger partial charge in [0.25, 0.3) is 0 Å².